The molecule has 1 aliphatic carbocycles. The maximum atomic E-state index is 14.5. The molecule has 0 bridgehead atoms. The second-order valence-electron chi connectivity index (χ2n) is 6.60. The van der Waals surface area contributed by atoms with Gasteiger partial charge in [0.25, 0.3) is 0 Å². The number of benzene rings is 1. The van der Waals surface area contributed by atoms with Gasteiger partial charge in [0.2, 0.25) is 0 Å². The molecule has 1 aromatic carbocycles. The van der Waals surface area contributed by atoms with E-state index in [1.54, 1.807) is 25.3 Å². The average Bonchev–Trinajstić information content (AvgIpc) is 3.36. The predicted octanol–water partition coefficient (Wildman–Crippen LogP) is 3.87. The van der Waals surface area contributed by atoms with Crippen molar-refractivity contribution in [1.29, 1.82) is 0 Å². The first-order valence-corrected chi connectivity index (χ1v) is 9.46. The molecule has 1 saturated carbocycles. The van der Waals surface area contributed by atoms with Crippen molar-refractivity contribution in [1.82, 2.24) is 10.3 Å². The molecule has 1 fully saturated rings. The van der Waals surface area contributed by atoms with E-state index in [4.69, 9.17) is 4.74 Å². The molecule has 2 amide bonds. The monoisotopic (exact) mass is 433 g/mol. The topological polar surface area (TPSA) is 80.3 Å². The first-order chi connectivity index (χ1) is 13.0. The van der Waals surface area contributed by atoms with Crippen LogP contribution in [0, 0.1) is 11.7 Å². The molecule has 140 valence electrons. The number of ketones is 1. The number of Topliss-reactive ketones (excluding diaryl/α,β-unsaturated/α-hetero) is 1. The summed E-state index contributed by atoms with van der Waals surface area (Å²) in [5, 5.41) is 5.51. The van der Waals surface area contributed by atoms with Crippen molar-refractivity contribution >= 4 is 33.6 Å². The van der Waals surface area contributed by atoms with Crippen LogP contribution in [0.3, 0.4) is 0 Å². The van der Waals surface area contributed by atoms with Gasteiger partial charge in [0.1, 0.15) is 17.4 Å². The summed E-state index contributed by atoms with van der Waals surface area (Å²) in [4.78, 5) is 28.4. The number of aromatic nitrogens is 1. The van der Waals surface area contributed by atoms with Crippen LogP contribution in [0.5, 0.6) is 5.75 Å². The van der Waals surface area contributed by atoms with Crippen molar-refractivity contribution in [2.24, 2.45) is 5.92 Å². The largest absolute Gasteiger partial charge is 0.492 e. The molecule has 0 saturated heterocycles. The molecule has 2 aliphatic rings. The maximum absolute atomic E-state index is 14.5. The second-order valence-corrected chi connectivity index (χ2v) is 7.52. The Morgan fingerprint density at radius 2 is 2.15 bits per heavy atom. The van der Waals surface area contributed by atoms with Crippen molar-refractivity contribution in [3.8, 4) is 5.75 Å². The Kier molecular flexibility index (Phi) is 4.59. The maximum Gasteiger partial charge on any atom is 0.320 e. The molecule has 4 rings (SSSR count). The first-order valence-electron chi connectivity index (χ1n) is 8.67. The number of ether oxygens (including phenoxy) is 1. The number of nitrogens with zero attached hydrogens (tertiary/aromatic N) is 1. The molecular weight excluding hydrogens is 417 g/mol. The van der Waals surface area contributed by atoms with E-state index in [0.717, 1.165) is 4.47 Å². The van der Waals surface area contributed by atoms with E-state index in [1.165, 1.54) is 12.1 Å². The molecule has 2 aromatic rings. The van der Waals surface area contributed by atoms with Crippen LogP contribution in [-0.2, 0) is 0 Å². The van der Waals surface area contributed by atoms with Crippen LogP contribution in [0.4, 0.5) is 15.0 Å². The Morgan fingerprint density at radius 3 is 2.85 bits per heavy atom. The van der Waals surface area contributed by atoms with Crippen LogP contribution in [0.1, 0.15) is 35.2 Å². The quantitative estimate of drug-likeness (QED) is 0.717. The number of anilines is 1. The van der Waals surface area contributed by atoms with Gasteiger partial charge in [0.05, 0.1) is 12.2 Å². The second kappa shape index (κ2) is 6.92. The standard InChI is InChI=1S/C19H17BrFN3O3/c1-2-13(25)10-4-5-12(21)16-15-11(8-27-18(10)16)17(15)24-19(26)23-14-6-3-9(20)7-22-14/h3-7,11,15,17H,2,8H2,1H3,(H2,22,23,24,26)/t11-,15-,17-/m1/s1. The van der Waals surface area contributed by atoms with Crippen molar-refractivity contribution < 1.29 is 18.7 Å². The normalized spacial score (nSPS) is 22.1. The SMILES string of the molecule is CCC(=O)c1ccc(F)c2c1OC[C@H]1[C@@H](NC(=O)Nc3ccc(Br)cn3)[C@@H]21. The van der Waals surface area contributed by atoms with E-state index in [9.17, 15) is 14.0 Å². The molecule has 2 heterocycles. The van der Waals surface area contributed by atoms with Crippen molar-refractivity contribution in [2.75, 3.05) is 11.9 Å². The molecule has 0 spiro atoms. The minimum absolute atomic E-state index is 0.0115. The summed E-state index contributed by atoms with van der Waals surface area (Å²) >= 11 is 3.28. The van der Waals surface area contributed by atoms with Gasteiger partial charge in [-0.25, -0.2) is 14.2 Å². The highest BCUT2D eigenvalue weighted by atomic mass is 79.9. The third-order valence-electron chi connectivity index (χ3n) is 4.95. The Morgan fingerprint density at radius 1 is 1.33 bits per heavy atom. The summed E-state index contributed by atoms with van der Waals surface area (Å²) in [5.41, 5.74) is 0.791. The Labute approximate surface area is 163 Å². The summed E-state index contributed by atoms with van der Waals surface area (Å²) in [6.07, 6.45) is 1.90. The van der Waals surface area contributed by atoms with Gasteiger partial charge in [0, 0.05) is 40.5 Å². The number of rotatable bonds is 4. The fraction of sp³-hybridized carbons (Fsp3) is 0.316. The molecule has 1 aliphatic heterocycles. The van der Waals surface area contributed by atoms with Gasteiger partial charge in [-0.3, -0.25) is 10.1 Å². The summed E-state index contributed by atoms with van der Waals surface area (Å²) < 4.78 is 21.0. The van der Waals surface area contributed by atoms with Crippen molar-refractivity contribution in [2.45, 2.75) is 25.3 Å². The van der Waals surface area contributed by atoms with Crippen molar-refractivity contribution in [3.05, 3.63) is 51.9 Å². The van der Waals surface area contributed by atoms with E-state index in [2.05, 4.69) is 31.5 Å². The van der Waals surface area contributed by atoms with Gasteiger partial charge in [-0.15, -0.1) is 0 Å². The van der Waals surface area contributed by atoms with Gasteiger partial charge < -0.3 is 10.1 Å². The van der Waals surface area contributed by atoms with E-state index < -0.39 is 11.8 Å². The van der Waals surface area contributed by atoms with Crippen LogP contribution in [0.15, 0.2) is 34.9 Å². The van der Waals surface area contributed by atoms with Gasteiger partial charge in [-0.05, 0) is 40.2 Å². The number of urea groups is 1. The Bertz CT molecular complexity index is 919. The van der Waals surface area contributed by atoms with Crippen LogP contribution in [0.25, 0.3) is 0 Å². The predicted molar refractivity (Wildman–Crippen MR) is 101 cm³/mol. The van der Waals surface area contributed by atoms with Crippen LogP contribution >= 0.6 is 15.9 Å². The lowest BCUT2D eigenvalue weighted by Gasteiger charge is -2.19. The summed E-state index contributed by atoms with van der Waals surface area (Å²) in [5.74, 6) is 0.0329. The van der Waals surface area contributed by atoms with Crippen LogP contribution < -0.4 is 15.4 Å². The molecule has 2 N–H and O–H groups in total. The molecule has 8 heteroatoms. The summed E-state index contributed by atoms with van der Waals surface area (Å²) in [7, 11) is 0. The number of carbonyl (C=O) groups excluding carboxylic acids is 2. The molecule has 6 nitrogen and oxygen atoms in total. The highest BCUT2D eigenvalue weighted by Crippen LogP contribution is 2.55. The average molecular weight is 434 g/mol. The highest BCUT2D eigenvalue weighted by molar-refractivity contribution is 9.10. The third-order valence-corrected chi connectivity index (χ3v) is 5.42. The summed E-state index contributed by atoms with van der Waals surface area (Å²) in [6.45, 7) is 2.10. The molecular formula is C19H17BrFN3O3. The van der Waals surface area contributed by atoms with E-state index in [0.29, 0.717) is 35.7 Å². The molecule has 0 radical (unpaired) electrons. The minimum Gasteiger partial charge on any atom is -0.492 e. The van der Waals surface area contributed by atoms with Gasteiger partial charge in [0.15, 0.2) is 5.78 Å². The lowest BCUT2D eigenvalue weighted by molar-refractivity contribution is 0.0983. The number of pyridine rings is 1. The molecule has 3 atom stereocenters. The van der Waals surface area contributed by atoms with Crippen molar-refractivity contribution in [3.63, 3.8) is 0 Å². The Balaban J connectivity index is 1.50. The van der Waals surface area contributed by atoms with Crippen LogP contribution in [-0.4, -0.2) is 29.4 Å². The number of nitrogens with one attached hydrogen (secondary N) is 2. The third kappa shape index (κ3) is 3.29. The molecule has 1 aromatic heterocycles. The highest BCUT2D eigenvalue weighted by Gasteiger charge is 2.57. The lowest BCUT2D eigenvalue weighted by atomic mass is 9.98. The zero-order chi connectivity index (χ0) is 19.1. The Hall–Kier alpha value is -2.48. The smallest absolute Gasteiger partial charge is 0.320 e. The molecule has 27 heavy (non-hydrogen) atoms. The van der Waals surface area contributed by atoms with E-state index >= 15 is 0 Å². The number of halogens is 2. The first kappa shape index (κ1) is 17.9. The zero-order valence-electron chi connectivity index (χ0n) is 14.5. The van der Waals surface area contributed by atoms with Gasteiger partial charge in [-0.2, -0.15) is 0 Å². The minimum atomic E-state index is -0.411. The number of fused-ring (bicyclic) bond motifs is 3. The number of hydrogen-bond acceptors (Lipinski definition) is 4. The van der Waals surface area contributed by atoms with E-state index in [1.807, 2.05) is 0 Å². The van der Waals surface area contributed by atoms with Gasteiger partial charge >= 0.3 is 6.03 Å². The van der Waals surface area contributed by atoms with Crippen LogP contribution in [0.2, 0.25) is 0 Å². The number of amides is 2. The zero-order valence-corrected chi connectivity index (χ0v) is 16.0. The fourth-order valence-electron chi connectivity index (χ4n) is 3.56. The number of hydrogen-bond donors (Lipinski definition) is 2. The fourth-order valence-corrected chi connectivity index (χ4v) is 3.79. The lowest BCUT2D eigenvalue weighted by Crippen LogP contribution is -2.32. The van der Waals surface area contributed by atoms with Gasteiger partial charge in [-0.1, -0.05) is 6.92 Å². The summed E-state index contributed by atoms with van der Waals surface area (Å²) in [6, 6.07) is 5.55. The molecule has 0 unspecified atom stereocenters. The number of carbonyl (C=O) groups is 2. The van der Waals surface area contributed by atoms with E-state index in [-0.39, 0.29) is 23.7 Å².